The first-order valence-corrected chi connectivity index (χ1v) is 7.00. The number of carbonyl (C=O) groups excluding carboxylic acids is 1. The van der Waals surface area contributed by atoms with E-state index in [1.54, 1.807) is 7.11 Å². The highest BCUT2D eigenvalue weighted by atomic mass is 16.5. The van der Waals surface area contributed by atoms with Gasteiger partial charge in [-0.15, -0.1) is 0 Å². The molecular formula is C14H26O5. The number of rotatable bonds is 7. The van der Waals surface area contributed by atoms with Gasteiger partial charge < -0.3 is 19.3 Å². The van der Waals surface area contributed by atoms with E-state index in [0.717, 1.165) is 0 Å². The van der Waals surface area contributed by atoms with Crippen LogP contribution in [-0.4, -0.2) is 49.7 Å². The van der Waals surface area contributed by atoms with Gasteiger partial charge in [-0.2, -0.15) is 0 Å². The zero-order chi connectivity index (χ0) is 14.3. The van der Waals surface area contributed by atoms with Gasteiger partial charge >= 0.3 is 5.97 Å². The first kappa shape index (κ1) is 16.4. The molecule has 1 saturated carbocycles. The summed E-state index contributed by atoms with van der Waals surface area (Å²) in [5.41, 5.74) is -0.814. The van der Waals surface area contributed by atoms with Crippen LogP contribution in [0.5, 0.6) is 0 Å². The molecule has 0 aromatic carbocycles. The third-order valence-electron chi connectivity index (χ3n) is 3.57. The lowest BCUT2D eigenvalue weighted by atomic mass is 9.79. The Labute approximate surface area is 115 Å². The van der Waals surface area contributed by atoms with Crippen LogP contribution in [0, 0.1) is 5.92 Å². The number of aliphatic hydroxyl groups is 1. The highest BCUT2D eigenvalue weighted by Gasteiger charge is 2.36. The van der Waals surface area contributed by atoms with Crippen LogP contribution in [0.2, 0.25) is 0 Å². The van der Waals surface area contributed by atoms with Crippen LogP contribution in [-0.2, 0) is 19.0 Å². The van der Waals surface area contributed by atoms with E-state index in [4.69, 9.17) is 14.2 Å². The molecule has 1 fully saturated rings. The molecule has 1 N–H and O–H groups in total. The molecule has 0 saturated heterocycles. The van der Waals surface area contributed by atoms with E-state index < -0.39 is 5.60 Å². The summed E-state index contributed by atoms with van der Waals surface area (Å²) in [4.78, 5) is 11.6. The fourth-order valence-corrected chi connectivity index (χ4v) is 2.38. The number of methoxy groups -OCH3 is 1. The van der Waals surface area contributed by atoms with Crippen molar-refractivity contribution in [2.75, 3.05) is 26.9 Å². The highest BCUT2D eigenvalue weighted by Crippen LogP contribution is 2.33. The molecule has 5 heteroatoms. The quantitative estimate of drug-likeness (QED) is 0.713. The van der Waals surface area contributed by atoms with E-state index in [0.29, 0.717) is 45.5 Å². The van der Waals surface area contributed by atoms with Gasteiger partial charge in [-0.25, -0.2) is 0 Å². The van der Waals surface area contributed by atoms with Crippen molar-refractivity contribution in [3.8, 4) is 0 Å². The molecular weight excluding hydrogens is 248 g/mol. The molecule has 1 atom stereocenters. The second kappa shape index (κ2) is 7.82. The van der Waals surface area contributed by atoms with Crippen molar-refractivity contribution in [2.45, 2.75) is 51.2 Å². The van der Waals surface area contributed by atoms with E-state index in [2.05, 4.69) is 0 Å². The van der Waals surface area contributed by atoms with Crippen molar-refractivity contribution in [2.24, 2.45) is 5.92 Å². The largest absolute Gasteiger partial charge is 0.466 e. The number of esters is 1. The summed E-state index contributed by atoms with van der Waals surface area (Å²) < 4.78 is 15.6. The Hall–Kier alpha value is -0.650. The minimum atomic E-state index is -0.814. The molecule has 1 aliphatic carbocycles. The molecule has 112 valence electrons. The number of hydrogen-bond acceptors (Lipinski definition) is 5. The maximum absolute atomic E-state index is 11.6. The Bertz CT molecular complexity index is 271. The van der Waals surface area contributed by atoms with Crippen molar-refractivity contribution >= 4 is 5.97 Å². The molecule has 5 nitrogen and oxygen atoms in total. The van der Waals surface area contributed by atoms with Gasteiger partial charge in [0.05, 0.1) is 37.4 Å². The van der Waals surface area contributed by atoms with E-state index in [1.807, 2.05) is 13.8 Å². The summed E-state index contributed by atoms with van der Waals surface area (Å²) in [5.74, 6) is -0.213. The lowest BCUT2D eigenvalue weighted by Gasteiger charge is -2.35. The summed E-state index contributed by atoms with van der Waals surface area (Å²) >= 11 is 0. The number of carbonyl (C=O) groups is 1. The summed E-state index contributed by atoms with van der Waals surface area (Å²) in [6, 6.07) is 0. The molecule has 0 aromatic heterocycles. The molecule has 0 spiro atoms. The molecule has 1 aliphatic rings. The predicted octanol–water partition coefficient (Wildman–Crippen LogP) is 1.52. The highest BCUT2D eigenvalue weighted by molar-refractivity contribution is 5.72. The minimum absolute atomic E-state index is 0.0307. The van der Waals surface area contributed by atoms with E-state index in [1.165, 1.54) is 0 Å². The van der Waals surface area contributed by atoms with Crippen molar-refractivity contribution < 1.29 is 24.1 Å². The van der Waals surface area contributed by atoms with E-state index in [9.17, 15) is 9.90 Å². The minimum Gasteiger partial charge on any atom is -0.466 e. The zero-order valence-electron chi connectivity index (χ0n) is 12.2. The van der Waals surface area contributed by atoms with Gasteiger partial charge in [-0.3, -0.25) is 4.79 Å². The molecule has 0 amide bonds. The smallest absolute Gasteiger partial charge is 0.308 e. The second-order valence-electron chi connectivity index (χ2n) is 5.33. The van der Waals surface area contributed by atoms with Gasteiger partial charge in [-0.1, -0.05) is 0 Å². The summed E-state index contributed by atoms with van der Waals surface area (Å²) in [5, 5.41) is 10.4. The van der Waals surface area contributed by atoms with Crippen LogP contribution in [0.25, 0.3) is 0 Å². The first-order valence-electron chi connectivity index (χ1n) is 7.00. The van der Waals surface area contributed by atoms with Gasteiger partial charge in [0.1, 0.15) is 0 Å². The van der Waals surface area contributed by atoms with Crippen molar-refractivity contribution in [1.82, 2.24) is 0 Å². The molecule has 1 rings (SSSR count). The van der Waals surface area contributed by atoms with Crippen molar-refractivity contribution in [1.29, 1.82) is 0 Å². The van der Waals surface area contributed by atoms with Crippen LogP contribution in [0.1, 0.15) is 39.5 Å². The standard InChI is InChI=1S/C14H26O5/c1-4-18-13(15)12-5-7-14(16,8-6-12)10-19-11(2)9-17-3/h11-12,16H,4-10H2,1-3H3. The normalized spacial score (nSPS) is 28.9. The summed E-state index contributed by atoms with van der Waals surface area (Å²) in [7, 11) is 1.62. The molecule has 1 unspecified atom stereocenters. The summed E-state index contributed by atoms with van der Waals surface area (Å²) in [6.45, 7) is 4.95. The lowest BCUT2D eigenvalue weighted by Crippen LogP contribution is -2.41. The fourth-order valence-electron chi connectivity index (χ4n) is 2.38. The van der Waals surface area contributed by atoms with Crippen LogP contribution in [0.3, 0.4) is 0 Å². The maximum Gasteiger partial charge on any atom is 0.308 e. The SMILES string of the molecule is CCOC(=O)C1CCC(O)(COC(C)COC)CC1. The van der Waals surface area contributed by atoms with Crippen LogP contribution >= 0.6 is 0 Å². The Morgan fingerprint density at radius 3 is 2.58 bits per heavy atom. The topological polar surface area (TPSA) is 65.0 Å². The monoisotopic (exact) mass is 274 g/mol. The van der Waals surface area contributed by atoms with Crippen molar-refractivity contribution in [3.05, 3.63) is 0 Å². The van der Waals surface area contributed by atoms with E-state index >= 15 is 0 Å². The molecule has 0 bridgehead atoms. The molecule has 0 aromatic rings. The maximum atomic E-state index is 11.6. The average molecular weight is 274 g/mol. The molecule has 0 radical (unpaired) electrons. The fraction of sp³-hybridized carbons (Fsp3) is 0.929. The van der Waals surface area contributed by atoms with Crippen molar-refractivity contribution in [3.63, 3.8) is 0 Å². The molecule has 19 heavy (non-hydrogen) atoms. The van der Waals surface area contributed by atoms with Gasteiger partial charge in [-0.05, 0) is 39.5 Å². The Kier molecular flexibility index (Phi) is 6.75. The lowest BCUT2D eigenvalue weighted by molar-refractivity contribution is -0.153. The van der Waals surface area contributed by atoms with Crippen LogP contribution in [0.15, 0.2) is 0 Å². The van der Waals surface area contributed by atoms with Crippen LogP contribution in [0.4, 0.5) is 0 Å². The third kappa shape index (κ3) is 5.47. The Morgan fingerprint density at radius 2 is 2.05 bits per heavy atom. The Balaban J connectivity index is 2.32. The molecule has 0 aliphatic heterocycles. The number of ether oxygens (including phenoxy) is 3. The average Bonchev–Trinajstić information content (AvgIpc) is 2.38. The van der Waals surface area contributed by atoms with Crippen LogP contribution < -0.4 is 0 Å². The second-order valence-corrected chi connectivity index (χ2v) is 5.33. The van der Waals surface area contributed by atoms with Gasteiger partial charge in [0, 0.05) is 7.11 Å². The third-order valence-corrected chi connectivity index (χ3v) is 3.57. The molecule has 0 heterocycles. The summed E-state index contributed by atoms with van der Waals surface area (Å²) in [6.07, 6.45) is 2.46. The predicted molar refractivity (Wildman–Crippen MR) is 70.8 cm³/mol. The Morgan fingerprint density at radius 1 is 1.42 bits per heavy atom. The van der Waals surface area contributed by atoms with E-state index in [-0.39, 0.29) is 18.0 Å². The number of hydrogen-bond donors (Lipinski definition) is 1. The van der Waals surface area contributed by atoms with Gasteiger partial charge in [0.25, 0.3) is 0 Å². The zero-order valence-corrected chi connectivity index (χ0v) is 12.2. The first-order chi connectivity index (χ1) is 9.00. The van der Waals surface area contributed by atoms with Gasteiger partial charge in [0.15, 0.2) is 0 Å². The van der Waals surface area contributed by atoms with Gasteiger partial charge in [0.2, 0.25) is 0 Å².